The summed E-state index contributed by atoms with van der Waals surface area (Å²) in [5.74, 6) is -3.36. The van der Waals surface area contributed by atoms with Gasteiger partial charge in [-0.05, 0) is 36.4 Å². The topological polar surface area (TPSA) is 80.8 Å². The van der Waals surface area contributed by atoms with Gasteiger partial charge < -0.3 is 4.18 Å². The summed E-state index contributed by atoms with van der Waals surface area (Å²) < 4.78 is 102. The number of amides is 2. The highest BCUT2D eigenvalue weighted by Gasteiger charge is 2.50. The van der Waals surface area contributed by atoms with E-state index in [1.54, 1.807) is 0 Å². The molecule has 154 valence electrons. The summed E-state index contributed by atoms with van der Waals surface area (Å²) in [6.07, 6.45) is -4.67. The molecule has 1 aliphatic rings. The minimum absolute atomic E-state index is 0.297. The first-order valence-electron chi connectivity index (χ1n) is 7.44. The van der Waals surface area contributed by atoms with Gasteiger partial charge in [-0.1, -0.05) is 6.07 Å². The van der Waals surface area contributed by atoms with Crippen molar-refractivity contribution in [3.8, 4) is 5.75 Å². The molecule has 2 aromatic carbocycles. The first kappa shape index (κ1) is 20.6. The molecule has 2 aromatic rings. The van der Waals surface area contributed by atoms with Gasteiger partial charge in [0.25, 0.3) is 11.8 Å². The van der Waals surface area contributed by atoms with Crippen LogP contribution in [0.4, 0.5) is 32.0 Å². The molecule has 0 radical (unpaired) electrons. The molecule has 0 aliphatic carbocycles. The van der Waals surface area contributed by atoms with Crippen molar-refractivity contribution in [3.05, 3.63) is 59.2 Å². The van der Waals surface area contributed by atoms with Crippen molar-refractivity contribution in [1.82, 2.24) is 0 Å². The molecule has 0 aromatic heterocycles. The maximum Gasteiger partial charge on any atom is 0.534 e. The Morgan fingerprint density at radius 1 is 0.828 bits per heavy atom. The highest BCUT2D eigenvalue weighted by Crippen LogP contribution is 2.37. The number of fused-ring (bicyclic) bond motifs is 1. The summed E-state index contributed by atoms with van der Waals surface area (Å²) in [5, 5.41) is 0. The summed E-state index contributed by atoms with van der Waals surface area (Å²) in [6.45, 7) is 0. The third kappa shape index (κ3) is 3.52. The third-order valence-electron chi connectivity index (χ3n) is 3.81. The Bertz CT molecular complexity index is 1110. The van der Waals surface area contributed by atoms with Crippen molar-refractivity contribution in [2.75, 3.05) is 4.90 Å². The number of anilines is 1. The molecule has 0 saturated heterocycles. The highest BCUT2D eigenvalue weighted by atomic mass is 32.2. The minimum Gasteiger partial charge on any atom is -0.375 e. The Hall–Kier alpha value is -3.09. The summed E-state index contributed by atoms with van der Waals surface area (Å²) >= 11 is 0. The molecule has 13 heteroatoms. The molecule has 0 N–H and O–H groups in total. The van der Waals surface area contributed by atoms with Gasteiger partial charge in [-0.3, -0.25) is 9.59 Å². The van der Waals surface area contributed by atoms with Gasteiger partial charge >= 0.3 is 21.8 Å². The van der Waals surface area contributed by atoms with E-state index in [1.165, 1.54) is 0 Å². The van der Waals surface area contributed by atoms with E-state index in [1.807, 2.05) is 0 Å². The molecule has 0 bridgehead atoms. The average Bonchev–Trinajstić information content (AvgIpc) is 2.85. The molecule has 1 heterocycles. The zero-order valence-corrected chi connectivity index (χ0v) is 14.5. The van der Waals surface area contributed by atoms with Gasteiger partial charge in [-0.2, -0.15) is 34.8 Å². The summed E-state index contributed by atoms with van der Waals surface area (Å²) in [5.41, 5.74) is -8.36. The minimum atomic E-state index is -6.12. The van der Waals surface area contributed by atoms with Crippen molar-refractivity contribution in [3.63, 3.8) is 0 Å². The maximum absolute atomic E-state index is 12.7. The third-order valence-corrected chi connectivity index (χ3v) is 4.78. The Balaban J connectivity index is 2.02. The Morgan fingerprint density at radius 3 is 1.93 bits per heavy atom. The van der Waals surface area contributed by atoms with Gasteiger partial charge in [0.2, 0.25) is 0 Å². The Labute approximate surface area is 158 Å². The molecular weight excluding hydrogens is 432 g/mol. The zero-order chi connectivity index (χ0) is 21.8. The SMILES string of the molecule is O=C1c2cccc(OS(=O)(=O)C(F)(F)F)c2C(=O)N1c1ccc(C(F)(F)F)cc1. The van der Waals surface area contributed by atoms with Crippen LogP contribution in [-0.2, 0) is 16.3 Å². The van der Waals surface area contributed by atoms with Gasteiger partial charge in [-0.25, -0.2) is 4.90 Å². The molecule has 0 atom stereocenters. The van der Waals surface area contributed by atoms with Gasteiger partial charge in [-0.15, -0.1) is 0 Å². The second kappa shape index (κ2) is 6.47. The predicted octanol–water partition coefficient (Wildman–Crippen LogP) is 3.73. The first-order valence-corrected chi connectivity index (χ1v) is 8.84. The number of benzene rings is 2. The Morgan fingerprint density at radius 2 is 1.41 bits per heavy atom. The summed E-state index contributed by atoms with van der Waals surface area (Å²) in [6, 6.07) is 5.60. The quantitative estimate of drug-likeness (QED) is 0.315. The zero-order valence-electron chi connectivity index (χ0n) is 13.7. The van der Waals surface area contributed by atoms with E-state index < -0.39 is 56.1 Å². The molecule has 0 saturated carbocycles. The molecule has 0 unspecified atom stereocenters. The number of halogens is 6. The van der Waals surface area contributed by atoms with Crippen LogP contribution in [0.1, 0.15) is 26.3 Å². The largest absolute Gasteiger partial charge is 0.534 e. The fourth-order valence-corrected chi connectivity index (χ4v) is 2.99. The van der Waals surface area contributed by atoms with Crippen LogP contribution in [-0.4, -0.2) is 25.7 Å². The van der Waals surface area contributed by atoms with E-state index in [2.05, 4.69) is 4.18 Å². The summed E-state index contributed by atoms with van der Waals surface area (Å²) in [4.78, 5) is 25.4. The molecular formula is C16H7F6NO5S. The van der Waals surface area contributed by atoms with E-state index in [0.717, 1.165) is 30.3 Å². The molecule has 3 rings (SSSR count). The van der Waals surface area contributed by atoms with Crippen LogP contribution in [0.25, 0.3) is 0 Å². The number of rotatable bonds is 3. The number of hydrogen-bond acceptors (Lipinski definition) is 5. The lowest BCUT2D eigenvalue weighted by Gasteiger charge is -2.15. The summed E-state index contributed by atoms with van der Waals surface area (Å²) in [7, 11) is -6.12. The number of alkyl halides is 6. The van der Waals surface area contributed by atoms with Gasteiger partial charge in [0.15, 0.2) is 5.75 Å². The number of hydrogen-bond donors (Lipinski definition) is 0. The van der Waals surface area contributed by atoms with Crippen molar-refractivity contribution >= 4 is 27.6 Å². The van der Waals surface area contributed by atoms with Crippen molar-refractivity contribution < 1.29 is 48.5 Å². The lowest BCUT2D eigenvalue weighted by atomic mass is 10.1. The number of imide groups is 1. The van der Waals surface area contributed by atoms with E-state index in [4.69, 9.17) is 0 Å². The normalized spacial score (nSPS) is 14.9. The maximum atomic E-state index is 12.7. The molecule has 0 fully saturated rings. The van der Waals surface area contributed by atoms with Crippen LogP contribution in [0.3, 0.4) is 0 Å². The monoisotopic (exact) mass is 439 g/mol. The van der Waals surface area contributed by atoms with Crippen molar-refractivity contribution in [1.29, 1.82) is 0 Å². The Kier molecular flexibility index (Phi) is 4.61. The standard InChI is InChI=1S/C16H7F6NO5S/c17-15(18,19)8-4-6-9(7-5-8)23-13(24)10-2-1-3-11(12(10)14(23)25)28-29(26,27)16(20,21)22/h1-7H. The van der Waals surface area contributed by atoms with E-state index in [0.29, 0.717) is 17.0 Å². The lowest BCUT2D eigenvalue weighted by molar-refractivity contribution is -0.137. The van der Waals surface area contributed by atoms with E-state index in [9.17, 15) is 44.3 Å². The van der Waals surface area contributed by atoms with Crippen LogP contribution < -0.4 is 9.08 Å². The van der Waals surface area contributed by atoms with Gasteiger partial charge in [0, 0.05) is 0 Å². The highest BCUT2D eigenvalue weighted by molar-refractivity contribution is 7.88. The second-order valence-corrected chi connectivity index (χ2v) is 7.19. The van der Waals surface area contributed by atoms with Crippen LogP contribution in [0, 0.1) is 0 Å². The lowest BCUT2D eigenvalue weighted by Crippen LogP contribution is -2.30. The van der Waals surface area contributed by atoms with Crippen LogP contribution in [0.15, 0.2) is 42.5 Å². The second-order valence-electron chi connectivity index (χ2n) is 5.65. The number of carbonyl (C=O) groups excluding carboxylic acids is 2. The molecule has 1 aliphatic heterocycles. The fraction of sp³-hybridized carbons (Fsp3) is 0.125. The molecule has 6 nitrogen and oxygen atoms in total. The number of carbonyl (C=O) groups is 2. The van der Waals surface area contributed by atoms with Crippen LogP contribution >= 0.6 is 0 Å². The van der Waals surface area contributed by atoms with Crippen LogP contribution in [0.2, 0.25) is 0 Å². The predicted molar refractivity (Wildman–Crippen MR) is 84.6 cm³/mol. The van der Waals surface area contributed by atoms with Crippen molar-refractivity contribution in [2.45, 2.75) is 11.7 Å². The van der Waals surface area contributed by atoms with Gasteiger partial charge in [0.05, 0.1) is 22.4 Å². The van der Waals surface area contributed by atoms with Crippen LogP contribution in [0.5, 0.6) is 5.75 Å². The number of nitrogens with zero attached hydrogens (tertiary/aromatic N) is 1. The first-order chi connectivity index (χ1) is 13.2. The fourth-order valence-electron chi connectivity index (χ4n) is 2.52. The van der Waals surface area contributed by atoms with E-state index in [-0.39, 0.29) is 5.69 Å². The van der Waals surface area contributed by atoms with Gasteiger partial charge in [0.1, 0.15) is 0 Å². The van der Waals surface area contributed by atoms with E-state index >= 15 is 0 Å². The molecule has 29 heavy (non-hydrogen) atoms. The smallest absolute Gasteiger partial charge is 0.375 e. The average molecular weight is 439 g/mol. The molecule has 2 amide bonds. The molecule has 0 spiro atoms. The van der Waals surface area contributed by atoms with Crippen molar-refractivity contribution in [2.24, 2.45) is 0 Å².